The van der Waals surface area contributed by atoms with E-state index in [4.69, 9.17) is 5.73 Å². The highest BCUT2D eigenvalue weighted by molar-refractivity contribution is 5.86. The van der Waals surface area contributed by atoms with Gasteiger partial charge in [0.1, 0.15) is 17.4 Å². The smallest absolute Gasteiger partial charge is 0.221 e. The molecule has 0 aliphatic rings. The SMILES string of the molecule is CC.CCCCCC.CC[C@@H](C(C)=O)[C@H](CCc1cc(F)cc(F)c1)C(N)=O. The Morgan fingerprint density at radius 3 is 1.71 bits per heavy atom. The van der Waals surface area contributed by atoms with Gasteiger partial charge in [-0.2, -0.15) is 0 Å². The normalized spacial score (nSPS) is 12.0. The lowest BCUT2D eigenvalue weighted by atomic mass is 9.82. The van der Waals surface area contributed by atoms with Crippen LogP contribution in [-0.4, -0.2) is 11.7 Å². The Bertz CT molecular complexity index is 537. The molecule has 0 fully saturated rings. The highest BCUT2D eigenvalue weighted by atomic mass is 19.1. The molecule has 0 aliphatic heterocycles. The second-order valence-corrected chi connectivity index (χ2v) is 6.66. The number of hydrogen-bond acceptors (Lipinski definition) is 2. The predicted octanol–water partition coefficient (Wildman–Crippen LogP) is 6.23. The molecule has 0 saturated carbocycles. The van der Waals surface area contributed by atoms with Crippen molar-refractivity contribution in [1.29, 1.82) is 0 Å². The quantitative estimate of drug-likeness (QED) is 0.474. The topological polar surface area (TPSA) is 60.2 Å². The number of rotatable bonds is 10. The van der Waals surface area contributed by atoms with E-state index in [0.29, 0.717) is 24.8 Å². The largest absolute Gasteiger partial charge is 0.369 e. The number of halogens is 2. The van der Waals surface area contributed by atoms with E-state index in [2.05, 4.69) is 13.8 Å². The molecule has 162 valence electrons. The number of carbonyl (C=O) groups excluding carboxylic acids is 2. The fraction of sp³-hybridized carbons (Fsp3) is 0.652. The van der Waals surface area contributed by atoms with E-state index in [1.165, 1.54) is 44.7 Å². The van der Waals surface area contributed by atoms with Crippen molar-refractivity contribution in [1.82, 2.24) is 0 Å². The summed E-state index contributed by atoms with van der Waals surface area (Å²) >= 11 is 0. The van der Waals surface area contributed by atoms with Crippen LogP contribution in [0.1, 0.15) is 85.6 Å². The summed E-state index contributed by atoms with van der Waals surface area (Å²) in [4.78, 5) is 23.0. The van der Waals surface area contributed by atoms with E-state index in [1.807, 2.05) is 20.8 Å². The van der Waals surface area contributed by atoms with Gasteiger partial charge in [0.2, 0.25) is 5.91 Å². The number of unbranched alkanes of at least 4 members (excludes halogenated alkanes) is 3. The molecule has 1 amide bonds. The zero-order valence-electron chi connectivity index (χ0n) is 18.5. The van der Waals surface area contributed by atoms with Crippen LogP contribution in [0.25, 0.3) is 0 Å². The summed E-state index contributed by atoms with van der Waals surface area (Å²) < 4.78 is 26.2. The van der Waals surface area contributed by atoms with Crippen LogP contribution < -0.4 is 5.73 Å². The van der Waals surface area contributed by atoms with Crippen molar-refractivity contribution in [3.05, 3.63) is 35.4 Å². The molecule has 0 radical (unpaired) electrons. The van der Waals surface area contributed by atoms with Crippen LogP contribution in [0.3, 0.4) is 0 Å². The van der Waals surface area contributed by atoms with Crippen LogP contribution in [-0.2, 0) is 16.0 Å². The molecule has 0 aromatic heterocycles. The first-order chi connectivity index (χ1) is 13.3. The monoisotopic (exact) mass is 399 g/mol. The summed E-state index contributed by atoms with van der Waals surface area (Å²) in [5.74, 6) is -3.01. The highest BCUT2D eigenvalue weighted by Crippen LogP contribution is 2.23. The van der Waals surface area contributed by atoms with Crippen LogP contribution in [0.2, 0.25) is 0 Å². The molecule has 3 nitrogen and oxygen atoms in total. The van der Waals surface area contributed by atoms with Crippen molar-refractivity contribution >= 4 is 11.7 Å². The predicted molar refractivity (Wildman–Crippen MR) is 113 cm³/mol. The molecule has 1 rings (SSSR count). The summed E-state index contributed by atoms with van der Waals surface area (Å²) in [6.07, 6.45) is 6.65. The number of carbonyl (C=O) groups is 2. The van der Waals surface area contributed by atoms with Gasteiger partial charge < -0.3 is 5.73 Å². The van der Waals surface area contributed by atoms with E-state index in [0.717, 1.165) is 6.07 Å². The van der Waals surface area contributed by atoms with Gasteiger partial charge in [0.05, 0.1) is 0 Å². The minimum atomic E-state index is -0.658. The fourth-order valence-corrected chi connectivity index (χ4v) is 2.97. The summed E-state index contributed by atoms with van der Waals surface area (Å²) in [5, 5.41) is 0. The molecular formula is C23H39F2NO2. The number of nitrogens with two attached hydrogens (primary N) is 1. The van der Waals surface area contributed by atoms with E-state index in [9.17, 15) is 18.4 Å². The number of hydrogen-bond donors (Lipinski definition) is 1. The van der Waals surface area contributed by atoms with Gasteiger partial charge >= 0.3 is 0 Å². The Hall–Kier alpha value is -1.78. The van der Waals surface area contributed by atoms with Crippen molar-refractivity contribution < 1.29 is 18.4 Å². The number of benzene rings is 1. The second-order valence-electron chi connectivity index (χ2n) is 6.66. The van der Waals surface area contributed by atoms with Gasteiger partial charge in [0, 0.05) is 17.9 Å². The first kappa shape index (κ1) is 28.4. The molecular weight excluding hydrogens is 360 g/mol. The maximum absolute atomic E-state index is 13.1. The van der Waals surface area contributed by atoms with Gasteiger partial charge in [0.25, 0.3) is 0 Å². The number of aryl methyl sites for hydroxylation is 1. The van der Waals surface area contributed by atoms with Gasteiger partial charge in [-0.1, -0.05) is 60.3 Å². The van der Waals surface area contributed by atoms with Crippen LogP contribution in [0, 0.1) is 23.5 Å². The molecule has 2 atom stereocenters. The first-order valence-corrected chi connectivity index (χ1v) is 10.5. The number of Topliss-reactive ketones (excluding diaryl/α,β-unsaturated/α-hetero) is 1. The second kappa shape index (κ2) is 17.3. The van der Waals surface area contributed by atoms with Crippen molar-refractivity contribution in [2.45, 2.75) is 86.5 Å². The molecule has 0 spiro atoms. The molecule has 28 heavy (non-hydrogen) atoms. The number of primary amides is 1. The minimum Gasteiger partial charge on any atom is -0.369 e. The molecule has 0 heterocycles. The summed E-state index contributed by atoms with van der Waals surface area (Å²) in [5.41, 5.74) is 5.79. The molecule has 0 aliphatic carbocycles. The third-order valence-electron chi connectivity index (χ3n) is 4.44. The van der Waals surface area contributed by atoms with Gasteiger partial charge in [-0.05, 0) is 43.9 Å². The van der Waals surface area contributed by atoms with Gasteiger partial charge in [-0.15, -0.1) is 0 Å². The van der Waals surface area contributed by atoms with Crippen LogP contribution in [0.4, 0.5) is 8.78 Å². The lowest BCUT2D eigenvalue weighted by molar-refractivity contribution is -0.131. The molecule has 0 saturated heterocycles. The summed E-state index contributed by atoms with van der Waals surface area (Å²) in [7, 11) is 0. The first-order valence-electron chi connectivity index (χ1n) is 10.5. The number of ketones is 1. The summed E-state index contributed by atoms with van der Waals surface area (Å²) in [6, 6.07) is 3.23. The Balaban J connectivity index is 0. The van der Waals surface area contributed by atoms with Crippen molar-refractivity contribution in [2.24, 2.45) is 17.6 Å². The van der Waals surface area contributed by atoms with Gasteiger partial charge in [-0.25, -0.2) is 8.78 Å². The Morgan fingerprint density at radius 1 is 0.929 bits per heavy atom. The molecule has 0 bridgehead atoms. The third-order valence-corrected chi connectivity index (χ3v) is 4.44. The van der Waals surface area contributed by atoms with Crippen LogP contribution in [0.15, 0.2) is 18.2 Å². The number of amides is 1. The maximum Gasteiger partial charge on any atom is 0.221 e. The van der Waals surface area contributed by atoms with Crippen molar-refractivity contribution in [3.8, 4) is 0 Å². The fourth-order valence-electron chi connectivity index (χ4n) is 2.97. The average molecular weight is 400 g/mol. The maximum atomic E-state index is 13.1. The third kappa shape index (κ3) is 12.6. The zero-order chi connectivity index (χ0) is 22.1. The van der Waals surface area contributed by atoms with E-state index < -0.39 is 29.4 Å². The molecule has 0 unspecified atom stereocenters. The molecule has 5 heteroatoms. The van der Waals surface area contributed by atoms with E-state index >= 15 is 0 Å². The standard InChI is InChI=1S/C15H19F2NO2.C6H14.C2H6/c1-3-13(9(2)19)14(15(18)20)5-4-10-6-11(16)8-12(17)7-10;1-3-5-6-4-2;1-2/h6-8,13-14H,3-5H2,1-2H3,(H2,18,20);3-6H2,1-2H3;1-2H3/t13-,14-;;/m0../s1. The zero-order valence-corrected chi connectivity index (χ0v) is 18.5. The van der Waals surface area contributed by atoms with Crippen molar-refractivity contribution in [3.63, 3.8) is 0 Å². The van der Waals surface area contributed by atoms with E-state index in [-0.39, 0.29) is 5.78 Å². The lowest BCUT2D eigenvalue weighted by Crippen LogP contribution is -2.33. The Morgan fingerprint density at radius 2 is 1.39 bits per heavy atom. The van der Waals surface area contributed by atoms with E-state index in [1.54, 1.807) is 0 Å². The molecule has 1 aromatic carbocycles. The lowest BCUT2D eigenvalue weighted by Gasteiger charge is -2.21. The molecule has 1 aromatic rings. The van der Waals surface area contributed by atoms with Gasteiger partial charge in [0.15, 0.2) is 0 Å². The Kier molecular flexibility index (Phi) is 17.6. The highest BCUT2D eigenvalue weighted by Gasteiger charge is 2.28. The van der Waals surface area contributed by atoms with Crippen molar-refractivity contribution in [2.75, 3.05) is 0 Å². The minimum absolute atomic E-state index is 0.0956. The average Bonchev–Trinajstić information content (AvgIpc) is 2.64. The summed E-state index contributed by atoms with van der Waals surface area (Å²) in [6.45, 7) is 11.7. The van der Waals surface area contributed by atoms with Crippen LogP contribution >= 0.6 is 0 Å². The van der Waals surface area contributed by atoms with Gasteiger partial charge in [-0.3, -0.25) is 9.59 Å². The van der Waals surface area contributed by atoms with Crippen LogP contribution in [0.5, 0.6) is 0 Å². The molecule has 2 N–H and O–H groups in total. The Labute approximate surface area is 170 Å².